The lowest BCUT2D eigenvalue weighted by Crippen LogP contribution is -2.48. The highest BCUT2D eigenvalue weighted by Gasteiger charge is 2.52. The second-order valence-electron chi connectivity index (χ2n) is 7.53. The molecule has 4 aliphatic carbocycles. The van der Waals surface area contributed by atoms with Crippen molar-refractivity contribution in [2.75, 3.05) is 5.32 Å². The maximum atomic E-state index is 4.95. The van der Waals surface area contributed by atoms with Crippen molar-refractivity contribution in [1.82, 2.24) is 4.98 Å². The number of anilines is 1. The highest BCUT2D eigenvalue weighted by Crippen LogP contribution is 2.60. The molecule has 0 aliphatic heterocycles. The molecule has 0 aromatic carbocycles. The summed E-state index contributed by atoms with van der Waals surface area (Å²) >= 11 is 1.80. The van der Waals surface area contributed by atoms with Crippen LogP contribution in [-0.2, 0) is 5.41 Å². The Morgan fingerprint density at radius 1 is 1.16 bits per heavy atom. The van der Waals surface area contributed by atoms with Crippen molar-refractivity contribution in [3.8, 4) is 0 Å². The van der Waals surface area contributed by atoms with Gasteiger partial charge in [0.15, 0.2) is 5.13 Å². The highest BCUT2D eigenvalue weighted by atomic mass is 32.1. The van der Waals surface area contributed by atoms with Crippen molar-refractivity contribution < 1.29 is 0 Å². The highest BCUT2D eigenvalue weighted by molar-refractivity contribution is 7.13. The number of nitrogens with zero attached hydrogens (tertiary/aromatic N) is 1. The molecule has 0 spiro atoms. The second kappa shape index (κ2) is 4.21. The van der Waals surface area contributed by atoms with Gasteiger partial charge in [-0.3, -0.25) is 0 Å². The van der Waals surface area contributed by atoms with Gasteiger partial charge in [-0.05, 0) is 70.1 Å². The third-order valence-electron chi connectivity index (χ3n) is 5.50. The molecule has 4 fully saturated rings. The van der Waals surface area contributed by atoms with Gasteiger partial charge in [-0.25, -0.2) is 4.98 Å². The quantitative estimate of drug-likeness (QED) is 0.883. The monoisotopic (exact) mass is 276 g/mol. The average molecular weight is 276 g/mol. The van der Waals surface area contributed by atoms with Crippen LogP contribution in [0.4, 0.5) is 5.13 Å². The molecule has 0 radical (unpaired) electrons. The lowest BCUT2D eigenvalue weighted by atomic mass is 9.49. The third-order valence-corrected chi connectivity index (χ3v) is 6.27. The summed E-state index contributed by atoms with van der Waals surface area (Å²) in [4.78, 5) is 4.95. The van der Waals surface area contributed by atoms with Crippen LogP contribution in [0.5, 0.6) is 0 Å². The van der Waals surface area contributed by atoms with Crippen LogP contribution >= 0.6 is 11.3 Å². The molecule has 1 aromatic rings. The first-order valence-corrected chi connectivity index (χ1v) is 8.73. The summed E-state index contributed by atoms with van der Waals surface area (Å²) in [5.41, 5.74) is 1.88. The summed E-state index contributed by atoms with van der Waals surface area (Å²) in [6.07, 6.45) is 8.80. The van der Waals surface area contributed by atoms with Crippen molar-refractivity contribution in [2.24, 2.45) is 17.8 Å². The topological polar surface area (TPSA) is 24.9 Å². The fourth-order valence-corrected chi connectivity index (χ4v) is 6.24. The van der Waals surface area contributed by atoms with E-state index in [0.29, 0.717) is 11.5 Å². The molecule has 0 unspecified atom stereocenters. The Morgan fingerprint density at radius 3 is 2.26 bits per heavy atom. The summed E-state index contributed by atoms with van der Waals surface area (Å²) < 4.78 is 0. The Labute approximate surface area is 120 Å². The molecule has 3 heteroatoms. The van der Waals surface area contributed by atoms with E-state index in [1.165, 1.54) is 44.2 Å². The van der Waals surface area contributed by atoms with E-state index >= 15 is 0 Å². The van der Waals surface area contributed by atoms with Crippen LogP contribution in [0.1, 0.15) is 58.1 Å². The average Bonchev–Trinajstić information content (AvgIpc) is 2.75. The lowest BCUT2D eigenvalue weighted by molar-refractivity contribution is -0.00688. The minimum absolute atomic E-state index is 0.460. The third kappa shape index (κ3) is 2.01. The smallest absolute Gasteiger partial charge is 0.183 e. The van der Waals surface area contributed by atoms with Gasteiger partial charge in [-0.2, -0.15) is 0 Å². The number of thiazole rings is 1. The van der Waals surface area contributed by atoms with E-state index in [2.05, 4.69) is 24.5 Å². The van der Waals surface area contributed by atoms with Crippen LogP contribution in [0.3, 0.4) is 0 Å². The van der Waals surface area contributed by atoms with Crippen LogP contribution in [0.25, 0.3) is 0 Å². The Hall–Kier alpha value is -0.570. The molecule has 0 saturated heterocycles. The van der Waals surface area contributed by atoms with Gasteiger partial charge < -0.3 is 5.32 Å². The van der Waals surface area contributed by atoms with Crippen molar-refractivity contribution in [1.29, 1.82) is 0 Å². The predicted octanol–water partition coefficient (Wildman–Crippen LogP) is 4.43. The number of hydrogen-bond acceptors (Lipinski definition) is 3. The van der Waals surface area contributed by atoms with Gasteiger partial charge in [0.05, 0.1) is 5.69 Å². The molecule has 4 saturated carbocycles. The van der Waals surface area contributed by atoms with Gasteiger partial charge in [-0.1, -0.05) is 0 Å². The van der Waals surface area contributed by atoms with Gasteiger partial charge in [0, 0.05) is 16.8 Å². The molecule has 104 valence electrons. The summed E-state index contributed by atoms with van der Waals surface area (Å²) in [5.74, 6) is 3.03. The van der Waals surface area contributed by atoms with Gasteiger partial charge in [0.25, 0.3) is 0 Å². The van der Waals surface area contributed by atoms with Crippen LogP contribution in [-0.4, -0.2) is 11.0 Å². The van der Waals surface area contributed by atoms with Gasteiger partial charge in [-0.15, -0.1) is 11.3 Å². The lowest BCUT2D eigenvalue weighted by Gasteiger charge is -2.56. The Bertz CT molecular complexity index is 442. The first-order valence-electron chi connectivity index (χ1n) is 7.85. The van der Waals surface area contributed by atoms with Crippen LogP contribution in [0.2, 0.25) is 0 Å². The number of nitrogens with one attached hydrogen (secondary N) is 1. The summed E-state index contributed by atoms with van der Waals surface area (Å²) in [6.45, 7) is 4.37. The van der Waals surface area contributed by atoms with E-state index in [1.54, 1.807) is 11.3 Å². The summed E-state index contributed by atoms with van der Waals surface area (Å²) in [7, 11) is 0. The van der Waals surface area contributed by atoms with Crippen LogP contribution in [0, 0.1) is 17.8 Å². The van der Waals surface area contributed by atoms with Gasteiger partial charge >= 0.3 is 0 Å². The predicted molar refractivity (Wildman–Crippen MR) is 80.7 cm³/mol. The van der Waals surface area contributed by atoms with Crippen molar-refractivity contribution >= 4 is 16.5 Å². The van der Waals surface area contributed by atoms with E-state index in [-0.39, 0.29) is 0 Å². The fraction of sp³-hybridized carbons (Fsp3) is 0.812. The molecule has 0 amide bonds. The van der Waals surface area contributed by atoms with Crippen LogP contribution in [0.15, 0.2) is 5.38 Å². The molecular weight excluding hydrogens is 252 g/mol. The maximum Gasteiger partial charge on any atom is 0.183 e. The number of rotatable bonds is 3. The van der Waals surface area contributed by atoms with Crippen molar-refractivity contribution in [2.45, 2.75) is 63.8 Å². The fourth-order valence-electron chi connectivity index (χ4n) is 5.25. The molecule has 4 bridgehead atoms. The number of aromatic nitrogens is 1. The first kappa shape index (κ1) is 12.2. The normalized spacial score (nSPS) is 40.1. The van der Waals surface area contributed by atoms with E-state index in [1.807, 2.05) is 0 Å². The van der Waals surface area contributed by atoms with E-state index in [4.69, 9.17) is 4.98 Å². The zero-order valence-corrected chi connectivity index (χ0v) is 12.8. The second-order valence-corrected chi connectivity index (χ2v) is 8.39. The molecular formula is C16H24N2S. The molecule has 1 heterocycles. The minimum atomic E-state index is 0.460. The molecule has 1 aromatic heterocycles. The minimum Gasteiger partial charge on any atom is -0.359 e. The van der Waals surface area contributed by atoms with Gasteiger partial charge in [0.2, 0.25) is 0 Å². The Kier molecular flexibility index (Phi) is 2.70. The summed E-state index contributed by atoms with van der Waals surface area (Å²) in [5, 5.41) is 6.94. The van der Waals surface area contributed by atoms with E-state index in [9.17, 15) is 0 Å². The molecule has 0 atom stereocenters. The SMILES string of the molecule is CC(C)Nc1nc(C23CC4CC(CC(C4)C2)C3)cs1. The van der Waals surface area contributed by atoms with E-state index < -0.39 is 0 Å². The summed E-state index contributed by atoms with van der Waals surface area (Å²) in [6, 6.07) is 0.482. The maximum absolute atomic E-state index is 4.95. The largest absolute Gasteiger partial charge is 0.359 e. The standard InChI is InChI=1S/C16H24N2S/c1-10(2)17-15-18-14(9-19-15)16-6-11-3-12(7-16)5-13(4-11)8-16/h9-13H,3-8H2,1-2H3,(H,17,18). The Morgan fingerprint density at radius 2 is 1.74 bits per heavy atom. The molecule has 5 rings (SSSR count). The molecule has 1 N–H and O–H groups in total. The molecule has 19 heavy (non-hydrogen) atoms. The first-order chi connectivity index (χ1) is 9.13. The van der Waals surface area contributed by atoms with Crippen molar-refractivity contribution in [3.63, 3.8) is 0 Å². The van der Waals surface area contributed by atoms with Gasteiger partial charge in [0.1, 0.15) is 0 Å². The number of hydrogen-bond donors (Lipinski definition) is 1. The molecule has 4 aliphatic rings. The zero-order chi connectivity index (χ0) is 13.0. The van der Waals surface area contributed by atoms with Crippen molar-refractivity contribution in [3.05, 3.63) is 11.1 Å². The van der Waals surface area contributed by atoms with Crippen LogP contribution < -0.4 is 5.32 Å². The zero-order valence-electron chi connectivity index (χ0n) is 12.0. The molecule has 2 nitrogen and oxygen atoms in total. The Balaban J connectivity index is 1.62. The van der Waals surface area contributed by atoms with E-state index in [0.717, 1.165) is 22.9 Å².